The molecule has 2 heterocycles. The number of nitrogens with zero attached hydrogens (tertiary/aromatic N) is 1. The average Bonchev–Trinajstić information content (AvgIpc) is 2.80. The summed E-state index contributed by atoms with van der Waals surface area (Å²) in [5.41, 5.74) is 5.90. The van der Waals surface area contributed by atoms with Crippen LogP contribution in [-0.2, 0) is 0 Å². The molecule has 5 heteroatoms. The number of fused-ring (bicyclic) bond motifs is 1. The summed E-state index contributed by atoms with van der Waals surface area (Å²) < 4.78 is 14.1. The smallest absolute Gasteiger partial charge is 0.264 e. The molecule has 0 saturated carbocycles. The molecule has 0 radical (unpaired) electrons. The van der Waals surface area contributed by atoms with Gasteiger partial charge in [0.1, 0.15) is 5.82 Å². The highest BCUT2D eigenvalue weighted by atomic mass is 32.1. The summed E-state index contributed by atoms with van der Waals surface area (Å²) >= 11 is 1.41. The normalized spacial score (nSPS) is 19.9. The number of carbonyl (C=O) groups is 1. The number of thiophene rings is 1. The van der Waals surface area contributed by atoms with Crippen LogP contribution in [0.3, 0.4) is 0 Å². The molecule has 100 valence electrons. The summed E-state index contributed by atoms with van der Waals surface area (Å²) in [6.45, 7) is 1.37. The second-order valence-corrected chi connectivity index (χ2v) is 6.03. The van der Waals surface area contributed by atoms with E-state index in [1.165, 1.54) is 23.5 Å². The molecule has 1 fully saturated rings. The minimum atomic E-state index is -0.274. The zero-order valence-corrected chi connectivity index (χ0v) is 11.3. The SMILES string of the molecule is NC1CCCN(C(=O)c2cc3cc(F)ccc3s2)C1. The van der Waals surface area contributed by atoms with E-state index in [2.05, 4.69) is 0 Å². The minimum absolute atomic E-state index is 0.0109. The second-order valence-electron chi connectivity index (χ2n) is 4.95. The predicted molar refractivity (Wildman–Crippen MR) is 74.9 cm³/mol. The van der Waals surface area contributed by atoms with Crippen LogP contribution in [0.5, 0.6) is 0 Å². The lowest BCUT2D eigenvalue weighted by atomic mass is 10.1. The van der Waals surface area contributed by atoms with Gasteiger partial charge in [0.25, 0.3) is 5.91 Å². The maximum absolute atomic E-state index is 13.1. The Morgan fingerprint density at radius 1 is 1.42 bits per heavy atom. The Kier molecular flexibility index (Phi) is 3.24. The molecule has 2 aromatic rings. The number of piperidine rings is 1. The van der Waals surface area contributed by atoms with Crippen molar-refractivity contribution in [3.8, 4) is 0 Å². The average molecular weight is 278 g/mol. The first kappa shape index (κ1) is 12.6. The van der Waals surface area contributed by atoms with Crippen LogP contribution in [0.1, 0.15) is 22.5 Å². The lowest BCUT2D eigenvalue weighted by Gasteiger charge is -2.30. The van der Waals surface area contributed by atoms with E-state index in [1.807, 2.05) is 0 Å². The summed E-state index contributed by atoms with van der Waals surface area (Å²) in [6, 6.07) is 6.44. The number of carbonyl (C=O) groups excluding carboxylic acids is 1. The van der Waals surface area contributed by atoms with Crippen molar-refractivity contribution in [2.75, 3.05) is 13.1 Å². The highest BCUT2D eigenvalue weighted by Crippen LogP contribution is 2.27. The third-order valence-corrected chi connectivity index (χ3v) is 4.54. The van der Waals surface area contributed by atoms with Crippen molar-refractivity contribution in [1.29, 1.82) is 0 Å². The zero-order valence-electron chi connectivity index (χ0n) is 10.4. The summed E-state index contributed by atoms with van der Waals surface area (Å²) in [5.74, 6) is -0.263. The lowest BCUT2D eigenvalue weighted by molar-refractivity contribution is 0.0714. The third kappa shape index (κ3) is 2.48. The molecule has 0 aliphatic carbocycles. The molecule has 0 bridgehead atoms. The van der Waals surface area contributed by atoms with E-state index in [9.17, 15) is 9.18 Å². The maximum Gasteiger partial charge on any atom is 0.264 e. The van der Waals surface area contributed by atoms with Gasteiger partial charge in [0.15, 0.2) is 0 Å². The Bertz CT molecular complexity index is 625. The number of benzene rings is 1. The Labute approximate surface area is 114 Å². The van der Waals surface area contributed by atoms with Crippen molar-refractivity contribution in [3.05, 3.63) is 35.0 Å². The molecule has 3 nitrogen and oxygen atoms in total. The summed E-state index contributed by atoms with van der Waals surface area (Å²) in [6.07, 6.45) is 1.92. The van der Waals surface area contributed by atoms with E-state index in [4.69, 9.17) is 5.73 Å². The first-order valence-electron chi connectivity index (χ1n) is 6.37. The molecule has 3 rings (SSSR count). The van der Waals surface area contributed by atoms with Gasteiger partial charge in [-0.15, -0.1) is 11.3 Å². The van der Waals surface area contributed by atoms with Crippen molar-refractivity contribution < 1.29 is 9.18 Å². The topological polar surface area (TPSA) is 46.3 Å². The number of hydrogen-bond acceptors (Lipinski definition) is 3. The fraction of sp³-hybridized carbons (Fsp3) is 0.357. The molecule has 1 aliphatic rings. The number of nitrogens with two attached hydrogens (primary N) is 1. The quantitative estimate of drug-likeness (QED) is 0.871. The molecule has 19 heavy (non-hydrogen) atoms. The standard InChI is InChI=1S/C14H15FN2OS/c15-10-3-4-12-9(6-10)7-13(19-12)14(18)17-5-1-2-11(16)8-17/h3-4,6-7,11H,1-2,5,8,16H2. The van der Waals surface area contributed by atoms with Crippen LogP contribution >= 0.6 is 11.3 Å². The van der Waals surface area contributed by atoms with Gasteiger partial charge in [-0.05, 0) is 42.5 Å². The molecule has 1 aromatic carbocycles. The van der Waals surface area contributed by atoms with Gasteiger partial charge in [-0.3, -0.25) is 4.79 Å². The minimum Gasteiger partial charge on any atom is -0.336 e. The highest BCUT2D eigenvalue weighted by Gasteiger charge is 2.23. The molecule has 2 N–H and O–H groups in total. The van der Waals surface area contributed by atoms with Gasteiger partial charge in [0.05, 0.1) is 4.88 Å². The Balaban J connectivity index is 1.88. The molecule has 1 saturated heterocycles. The molecular weight excluding hydrogens is 263 g/mol. The Morgan fingerprint density at radius 3 is 3.05 bits per heavy atom. The van der Waals surface area contributed by atoms with Crippen molar-refractivity contribution in [3.63, 3.8) is 0 Å². The molecule has 0 spiro atoms. The van der Waals surface area contributed by atoms with Gasteiger partial charge in [-0.25, -0.2) is 4.39 Å². The van der Waals surface area contributed by atoms with Crippen LogP contribution < -0.4 is 5.73 Å². The van der Waals surface area contributed by atoms with E-state index in [1.54, 1.807) is 17.0 Å². The van der Waals surface area contributed by atoms with Crippen molar-refractivity contribution >= 4 is 27.3 Å². The third-order valence-electron chi connectivity index (χ3n) is 3.43. The first-order chi connectivity index (χ1) is 9.13. The van der Waals surface area contributed by atoms with Crippen molar-refractivity contribution in [1.82, 2.24) is 4.90 Å². The van der Waals surface area contributed by atoms with Crippen LogP contribution in [0, 0.1) is 5.82 Å². The highest BCUT2D eigenvalue weighted by molar-refractivity contribution is 7.20. The number of halogens is 1. The van der Waals surface area contributed by atoms with E-state index in [0.717, 1.165) is 29.5 Å². The number of amides is 1. The Morgan fingerprint density at radius 2 is 2.26 bits per heavy atom. The molecule has 1 unspecified atom stereocenters. The van der Waals surface area contributed by atoms with E-state index in [0.29, 0.717) is 11.4 Å². The fourth-order valence-electron chi connectivity index (χ4n) is 2.47. The summed E-state index contributed by atoms with van der Waals surface area (Å²) in [7, 11) is 0. The monoisotopic (exact) mass is 278 g/mol. The van der Waals surface area contributed by atoms with Gasteiger partial charge >= 0.3 is 0 Å². The van der Waals surface area contributed by atoms with Crippen molar-refractivity contribution in [2.45, 2.75) is 18.9 Å². The second kappa shape index (κ2) is 4.90. The van der Waals surface area contributed by atoms with Crippen LogP contribution in [0.2, 0.25) is 0 Å². The number of rotatable bonds is 1. The van der Waals surface area contributed by atoms with Crippen LogP contribution in [-0.4, -0.2) is 29.9 Å². The van der Waals surface area contributed by atoms with Crippen LogP contribution in [0.4, 0.5) is 4.39 Å². The van der Waals surface area contributed by atoms with E-state index in [-0.39, 0.29) is 17.8 Å². The van der Waals surface area contributed by atoms with Crippen LogP contribution in [0.15, 0.2) is 24.3 Å². The van der Waals surface area contributed by atoms with Gasteiger partial charge in [-0.2, -0.15) is 0 Å². The fourth-order valence-corrected chi connectivity index (χ4v) is 3.48. The van der Waals surface area contributed by atoms with E-state index >= 15 is 0 Å². The summed E-state index contributed by atoms with van der Waals surface area (Å²) in [4.78, 5) is 14.8. The molecule has 1 aliphatic heterocycles. The van der Waals surface area contributed by atoms with Crippen LogP contribution in [0.25, 0.3) is 10.1 Å². The van der Waals surface area contributed by atoms with Crippen molar-refractivity contribution in [2.24, 2.45) is 5.73 Å². The summed E-state index contributed by atoms with van der Waals surface area (Å²) in [5, 5.41) is 0.787. The molecule has 1 atom stereocenters. The maximum atomic E-state index is 13.1. The van der Waals surface area contributed by atoms with Gasteiger partial charge < -0.3 is 10.6 Å². The number of hydrogen-bond donors (Lipinski definition) is 1. The largest absolute Gasteiger partial charge is 0.336 e. The molecule has 1 aromatic heterocycles. The predicted octanol–water partition coefficient (Wildman–Crippen LogP) is 2.60. The Hall–Kier alpha value is -1.46. The lowest BCUT2D eigenvalue weighted by Crippen LogP contribution is -2.45. The number of likely N-dealkylation sites (tertiary alicyclic amines) is 1. The first-order valence-corrected chi connectivity index (χ1v) is 7.19. The molecular formula is C14H15FN2OS. The van der Waals surface area contributed by atoms with Gasteiger partial charge in [0.2, 0.25) is 0 Å². The molecule has 1 amide bonds. The van der Waals surface area contributed by atoms with Gasteiger partial charge in [-0.1, -0.05) is 0 Å². The van der Waals surface area contributed by atoms with Gasteiger partial charge in [0, 0.05) is 23.8 Å². The zero-order chi connectivity index (χ0) is 13.4. The van der Waals surface area contributed by atoms with E-state index < -0.39 is 0 Å².